The van der Waals surface area contributed by atoms with Crippen LogP contribution in [0.3, 0.4) is 0 Å². The minimum absolute atomic E-state index is 0.186. The average Bonchev–Trinajstić information content (AvgIpc) is 2.73. The molecule has 0 bridgehead atoms. The van der Waals surface area contributed by atoms with Gasteiger partial charge in [0.1, 0.15) is 11.6 Å². The largest absolute Gasteiger partial charge is 0.376 e. The molecule has 2 rings (SSSR count). The second-order valence-corrected chi connectivity index (χ2v) is 4.16. The molecule has 7 heteroatoms. The van der Waals surface area contributed by atoms with Crippen molar-refractivity contribution in [3.05, 3.63) is 6.07 Å². The number of nitrogens with two attached hydrogens (primary N) is 2. The molecule has 7 nitrogen and oxygen atoms in total. The van der Waals surface area contributed by atoms with E-state index in [1.807, 2.05) is 7.05 Å². The number of nitrogens with zero attached hydrogens (tertiary/aromatic N) is 3. The van der Waals surface area contributed by atoms with Gasteiger partial charge in [0.25, 0.3) is 0 Å². The van der Waals surface area contributed by atoms with Crippen LogP contribution in [0.5, 0.6) is 0 Å². The zero-order valence-corrected chi connectivity index (χ0v) is 10.1. The molecule has 1 aliphatic heterocycles. The van der Waals surface area contributed by atoms with Crippen molar-refractivity contribution >= 4 is 17.6 Å². The molecule has 2 unspecified atom stereocenters. The highest BCUT2D eigenvalue weighted by Gasteiger charge is 2.28. The molecular formula is C10H18N6O. The van der Waals surface area contributed by atoms with Crippen LogP contribution in [0.4, 0.5) is 17.6 Å². The maximum Gasteiger partial charge on any atom is 0.223 e. The van der Waals surface area contributed by atoms with Gasteiger partial charge in [0, 0.05) is 19.7 Å². The summed E-state index contributed by atoms with van der Waals surface area (Å²) in [5.74, 6) is 6.78. The number of aromatic nitrogens is 2. The maximum atomic E-state index is 5.63. The lowest BCUT2D eigenvalue weighted by molar-refractivity contribution is 0.118. The Morgan fingerprint density at radius 1 is 1.53 bits per heavy atom. The van der Waals surface area contributed by atoms with Crippen molar-refractivity contribution in [2.45, 2.75) is 25.5 Å². The van der Waals surface area contributed by atoms with Gasteiger partial charge in [-0.25, -0.2) is 5.84 Å². The Morgan fingerprint density at radius 3 is 2.88 bits per heavy atom. The third-order valence-corrected chi connectivity index (χ3v) is 3.07. The molecule has 94 valence electrons. The van der Waals surface area contributed by atoms with E-state index < -0.39 is 0 Å². The molecular weight excluding hydrogens is 220 g/mol. The van der Waals surface area contributed by atoms with E-state index in [1.54, 1.807) is 6.07 Å². The second kappa shape index (κ2) is 4.72. The van der Waals surface area contributed by atoms with Gasteiger partial charge < -0.3 is 20.8 Å². The Balaban J connectivity index is 2.23. The van der Waals surface area contributed by atoms with E-state index in [-0.39, 0.29) is 12.1 Å². The molecule has 0 radical (unpaired) electrons. The lowest BCUT2D eigenvalue weighted by atomic mass is 10.1. The first-order chi connectivity index (χ1) is 8.11. The topological polar surface area (TPSA) is 102 Å². The molecule has 0 aromatic carbocycles. The van der Waals surface area contributed by atoms with Gasteiger partial charge in [0.2, 0.25) is 5.95 Å². The van der Waals surface area contributed by atoms with E-state index in [2.05, 4.69) is 27.2 Å². The molecule has 0 amide bonds. The normalized spacial score (nSPS) is 23.7. The van der Waals surface area contributed by atoms with E-state index in [4.69, 9.17) is 16.3 Å². The Hall–Kier alpha value is -1.60. The summed E-state index contributed by atoms with van der Waals surface area (Å²) in [5.41, 5.74) is 8.11. The standard InChI is InChI=1S/C10H18N6O/c1-6-7(3-4-17-6)16(2)9-5-8(15-12)13-10(11)14-9/h5-7H,3-4,12H2,1-2H3,(H3,11,13,14,15). The summed E-state index contributed by atoms with van der Waals surface area (Å²) in [4.78, 5) is 10.2. The quantitative estimate of drug-likeness (QED) is 0.501. The lowest BCUT2D eigenvalue weighted by Crippen LogP contribution is -2.37. The highest BCUT2D eigenvalue weighted by molar-refractivity contribution is 5.52. The van der Waals surface area contributed by atoms with Crippen LogP contribution in [-0.4, -0.2) is 35.8 Å². The SMILES string of the molecule is CC1OCCC1N(C)c1cc(NN)nc(N)n1. The zero-order chi connectivity index (χ0) is 12.4. The second-order valence-electron chi connectivity index (χ2n) is 4.16. The summed E-state index contributed by atoms with van der Waals surface area (Å²) in [5, 5.41) is 0. The van der Waals surface area contributed by atoms with Crippen LogP contribution < -0.4 is 21.9 Å². The maximum absolute atomic E-state index is 5.63. The van der Waals surface area contributed by atoms with Crippen molar-refractivity contribution in [3.8, 4) is 0 Å². The van der Waals surface area contributed by atoms with Gasteiger partial charge in [0.15, 0.2) is 0 Å². The van der Waals surface area contributed by atoms with Crippen LogP contribution in [0, 0.1) is 0 Å². The van der Waals surface area contributed by atoms with E-state index in [0.717, 1.165) is 18.8 Å². The van der Waals surface area contributed by atoms with Gasteiger partial charge in [-0.3, -0.25) is 0 Å². The minimum atomic E-state index is 0.186. The third-order valence-electron chi connectivity index (χ3n) is 3.07. The van der Waals surface area contributed by atoms with Crippen molar-refractivity contribution in [1.82, 2.24) is 9.97 Å². The molecule has 5 N–H and O–H groups in total. The summed E-state index contributed by atoms with van der Waals surface area (Å²) < 4.78 is 5.54. The number of rotatable bonds is 3. The smallest absolute Gasteiger partial charge is 0.223 e. The number of anilines is 3. The molecule has 1 aromatic rings. The number of hydrogen-bond donors (Lipinski definition) is 3. The molecule has 1 aromatic heterocycles. The fraction of sp³-hybridized carbons (Fsp3) is 0.600. The Morgan fingerprint density at radius 2 is 2.29 bits per heavy atom. The summed E-state index contributed by atoms with van der Waals surface area (Å²) in [6.45, 7) is 2.83. The van der Waals surface area contributed by atoms with Crippen molar-refractivity contribution < 1.29 is 4.74 Å². The first-order valence-electron chi connectivity index (χ1n) is 5.57. The Bertz CT molecular complexity index is 398. The van der Waals surface area contributed by atoms with E-state index in [0.29, 0.717) is 11.9 Å². The molecule has 0 saturated carbocycles. The van der Waals surface area contributed by atoms with Crippen LogP contribution in [0.2, 0.25) is 0 Å². The molecule has 0 aliphatic carbocycles. The van der Waals surface area contributed by atoms with Gasteiger partial charge in [-0.1, -0.05) is 0 Å². The van der Waals surface area contributed by atoms with Gasteiger partial charge >= 0.3 is 0 Å². The summed E-state index contributed by atoms with van der Waals surface area (Å²) in [7, 11) is 1.97. The Labute approximate surface area is 100 Å². The highest BCUT2D eigenvalue weighted by Crippen LogP contribution is 2.24. The average molecular weight is 238 g/mol. The van der Waals surface area contributed by atoms with Crippen molar-refractivity contribution in [1.29, 1.82) is 0 Å². The van der Waals surface area contributed by atoms with Crippen LogP contribution >= 0.6 is 0 Å². The minimum Gasteiger partial charge on any atom is -0.376 e. The van der Waals surface area contributed by atoms with Crippen molar-refractivity contribution in [2.24, 2.45) is 5.84 Å². The number of hydrazine groups is 1. The number of nitrogen functional groups attached to an aromatic ring is 2. The van der Waals surface area contributed by atoms with Gasteiger partial charge in [0.05, 0.1) is 12.1 Å². The van der Waals surface area contributed by atoms with E-state index in [1.165, 1.54) is 0 Å². The summed E-state index contributed by atoms with van der Waals surface area (Å²) in [6.07, 6.45) is 1.16. The molecule has 2 heterocycles. The molecule has 2 atom stereocenters. The van der Waals surface area contributed by atoms with Gasteiger partial charge in [-0.05, 0) is 13.3 Å². The molecule has 1 saturated heterocycles. The van der Waals surface area contributed by atoms with Crippen LogP contribution in [0.25, 0.3) is 0 Å². The Kier molecular flexibility index (Phi) is 3.30. The monoisotopic (exact) mass is 238 g/mol. The fourth-order valence-corrected chi connectivity index (χ4v) is 2.11. The predicted molar refractivity (Wildman–Crippen MR) is 66.5 cm³/mol. The third kappa shape index (κ3) is 2.40. The molecule has 17 heavy (non-hydrogen) atoms. The lowest BCUT2D eigenvalue weighted by Gasteiger charge is -2.27. The predicted octanol–water partition coefficient (Wildman–Crippen LogP) is -0.0420. The van der Waals surface area contributed by atoms with E-state index in [9.17, 15) is 0 Å². The first-order valence-corrected chi connectivity index (χ1v) is 5.57. The van der Waals surface area contributed by atoms with Crippen molar-refractivity contribution in [3.63, 3.8) is 0 Å². The molecule has 1 fully saturated rings. The van der Waals surface area contributed by atoms with Gasteiger partial charge in [-0.15, -0.1) is 0 Å². The number of hydrogen-bond acceptors (Lipinski definition) is 7. The van der Waals surface area contributed by atoms with Crippen LogP contribution in [0.15, 0.2) is 6.07 Å². The van der Waals surface area contributed by atoms with Crippen LogP contribution in [-0.2, 0) is 4.74 Å². The summed E-state index contributed by atoms with van der Waals surface area (Å²) >= 11 is 0. The zero-order valence-electron chi connectivity index (χ0n) is 10.1. The first kappa shape index (κ1) is 11.9. The fourth-order valence-electron chi connectivity index (χ4n) is 2.11. The summed E-state index contributed by atoms with van der Waals surface area (Å²) in [6, 6.07) is 2.07. The number of likely N-dealkylation sites (N-methyl/N-ethyl adjacent to an activating group) is 1. The van der Waals surface area contributed by atoms with Crippen molar-refractivity contribution in [2.75, 3.05) is 29.7 Å². The van der Waals surface area contributed by atoms with Crippen LogP contribution in [0.1, 0.15) is 13.3 Å². The molecule has 0 spiro atoms. The number of nitrogens with one attached hydrogen (secondary N) is 1. The highest BCUT2D eigenvalue weighted by atomic mass is 16.5. The van der Waals surface area contributed by atoms with Gasteiger partial charge in [-0.2, -0.15) is 9.97 Å². The number of ether oxygens (including phenoxy) is 1. The van der Waals surface area contributed by atoms with E-state index >= 15 is 0 Å². The molecule has 1 aliphatic rings.